The summed E-state index contributed by atoms with van der Waals surface area (Å²) >= 11 is 0. The van der Waals surface area contributed by atoms with Crippen molar-refractivity contribution in [1.29, 1.82) is 5.41 Å². The molecule has 3 N–H and O–H groups in total. The third kappa shape index (κ3) is 2.38. The molecule has 0 radical (unpaired) electrons. The maximum absolute atomic E-state index is 10.5. The second-order valence-electron chi connectivity index (χ2n) is 2.93. The average Bonchev–Trinajstić information content (AvgIpc) is 2.69. The second-order valence-corrected chi connectivity index (χ2v) is 2.93. The van der Waals surface area contributed by atoms with Crippen LogP contribution in [0.5, 0.6) is 0 Å². The van der Waals surface area contributed by atoms with Crippen molar-refractivity contribution in [2.24, 2.45) is 0 Å². The van der Waals surface area contributed by atoms with Crippen LogP contribution in [0.25, 0.3) is 0 Å². The van der Waals surface area contributed by atoms with Gasteiger partial charge in [-0.15, -0.1) is 0 Å². The zero-order valence-electron chi connectivity index (χ0n) is 6.92. The van der Waals surface area contributed by atoms with Gasteiger partial charge in [0, 0.05) is 18.0 Å². The van der Waals surface area contributed by atoms with Gasteiger partial charge in [0.25, 0.3) is 0 Å². The average molecular weight is 168 g/mol. The molecule has 0 unspecified atom stereocenters. The molecule has 4 heteroatoms. The molecule has 1 aliphatic rings. The molecule has 12 heavy (non-hydrogen) atoms. The van der Waals surface area contributed by atoms with Gasteiger partial charge < -0.3 is 15.8 Å². The number of hydrogen-bond acceptors (Lipinski definition) is 3. The molecule has 4 nitrogen and oxygen atoms in total. The molecule has 0 aromatic carbocycles. The first kappa shape index (κ1) is 8.77. The lowest BCUT2D eigenvalue weighted by atomic mass is 10.2. The predicted octanol–water partition coefficient (Wildman–Crippen LogP) is 0.747. The van der Waals surface area contributed by atoms with Crippen LogP contribution >= 0.6 is 0 Å². The second kappa shape index (κ2) is 3.38. The van der Waals surface area contributed by atoms with E-state index >= 15 is 0 Å². The first-order chi connectivity index (χ1) is 5.61. The first-order valence-electron chi connectivity index (χ1n) is 3.86. The van der Waals surface area contributed by atoms with E-state index < -0.39 is 5.97 Å². The number of hydrogen-bond donors (Lipinski definition) is 3. The van der Waals surface area contributed by atoms with Crippen LogP contribution in [-0.4, -0.2) is 22.8 Å². The van der Waals surface area contributed by atoms with Crippen LogP contribution in [0.2, 0.25) is 0 Å². The SMILES string of the molecule is CC(=N)/C(=C\NC1CC1)C(=O)O. The molecule has 0 saturated heterocycles. The number of aliphatic carboxylic acids is 1. The maximum atomic E-state index is 10.5. The summed E-state index contributed by atoms with van der Waals surface area (Å²) < 4.78 is 0. The van der Waals surface area contributed by atoms with Crippen molar-refractivity contribution in [3.8, 4) is 0 Å². The van der Waals surface area contributed by atoms with E-state index in [1.54, 1.807) is 0 Å². The third-order valence-corrected chi connectivity index (χ3v) is 1.68. The molecule has 0 heterocycles. The Balaban J connectivity index is 2.55. The van der Waals surface area contributed by atoms with Crippen molar-refractivity contribution in [2.45, 2.75) is 25.8 Å². The van der Waals surface area contributed by atoms with Gasteiger partial charge in [0.15, 0.2) is 0 Å². The molecule has 0 aromatic heterocycles. The van der Waals surface area contributed by atoms with Crippen molar-refractivity contribution in [2.75, 3.05) is 0 Å². The van der Waals surface area contributed by atoms with Crippen LogP contribution in [0.15, 0.2) is 11.8 Å². The fraction of sp³-hybridized carbons (Fsp3) is 0.500. The van der Waals surface area contributed by atoms with Gasteiger partial charge in [-0.25, -0.2) is 4.79 Å². The lowest BCUT2D eigenvalue weighted by Gasteiger charge is -2.00. The van der Waals surface area contributed by atoms with Crippen molar-refractivity contribution in [1.82, 2.24) is 5.32 Å². The molecule has 1 aliphatic carbocycles. The molecule has 1 fully saturated rings. The van der Waals surface area contributed by atoms with E-state index in [2.05, 4.69) is 5.32 Å². The van der Waals surface area contributed by atoms with E-state index in [4.69, 9.17) is 10.5 Å². The molecule has 0 aromatic rings. The largest absolute Gasteiger partial charge is 0.478 e. The fourth-order valence-electron chi connectivity index (χ4n) is 0.782. The zero-order chi connectivity index (χ0) is 9.14. The normalized spacial score (nSPS) is 17.2. The van der Waals surface area contributed by atoms with Crippen molar-refractivity contribution < 1.29 is 9.90 Å². The summed E-state index contributed by atoms with van der Waals surface area (Å²) in [5.74, 6) is -1.05. The van der Waals surface area contributed by atoms with Crippen molar-refractivity contribution >= 4 is 11.7 Å². The highest BCUT2D eigenvalue weighted by atomic mass is 16.4. The third-order valence-electron chi connectivity index (χ3n) is 1.68. The Hall–Kier alpha value is -1.32. The highest BCUT2D eigenvalue weighted by molar-refractivity contribution is 6.16. The quantitative estimate of drug-likeness (QED) is 0.428. The predicted molar refractivity (Wildman–Crippen MR) is 45.3 cm³/mol. The summed E-state index contributed by atoms with van der Waals surface area (Å²) in [6, 6.07) is 0.429. The Bertz CT molecular complexity index is 225. The molecule has 1 rings (SSSR count). The van der Waals surface area contributed by atoms with Gasteiger partial charge in [-0.1, -0.05) is 0 Å². The molecule has 66 valence electrons. The van der Waals surface area contributed by atoms with Gasteiger partial charge >= 0.3 is 5.97 Å². The number of rotatable bonds is 4. The summed E-state index contributed by atoms with van der Waals surface area (Å²) in [6.45, 7) is 1.47. The highest BCUT2D eigenvalue weighted by Crippen LogP contribution is 2.18. The first-order valence-corrected chi connectivity index (χ1v) is 3.86. The van der Waals surface area contributed by atoms with Gasteiger partial charge in [-0.2, -0.15) is 0 Å². The molecule has 1 saturated carbocycles. The molecule has 0 aliphatic heterocycles. The lowest BCUT2D eigenvalue weighted by Crippen LogP contribution is -2.15. The van der Waals surface area contributed by atoms with E-state index in [-0.39, 0.29) is 11.3 Å². The topological polar surface area (TPSA) is 73.2 Å². The maximum Gasteiger partial charge on any atom is 0.338 e. The van der Waals surface area contributed by atoms with Crippen LogP contribution < -0.4 is 5.32 Å². The minimum Gasteiger partial charge on any atom is -0.478 e. The molecule has 0 amide bonds. The zero-order valence-corrected chi connectivity index (χ0v) is 6.92. The standard InChI is InChI=1S/C8H12N2O2/c1-5(9)7(8(11)12)4-10-6-2-3-6/h4,6,9-10H,2-3H2,1H3,(H,11,12)/b7-4+,9-5?. The van der Waals surface area contributed by atoms with Crippen LogP contribution in [0.1, 0.15) is 19.8 Å². The Morgan fingerprint density at radius 2 is 2.25 bits per heavy atom. The van der Waals surface area contributed by atoms with Crippen molar-refractivity contribution in [3.05, 3.63) is 11.8 Å². The Labute approximate surface area is 70.8 Å². The van der Waals surface area contributed by atoms with Crippen molar-refractivity contribution in [3.63, 3.8) is 0 Å². The van der Waals surface area contributed by atoms with Gasteiger partial charge in [-0.3, -0.25) is 0 Å². The monoisotopic (exact) mass is 168 g/mol. The van der Waals surface area contributed by atoms with Crippen LogP contribution in [0, 0.1) is 5.41 Å². The van der Waals surface area contributed by atoms with E-state index in [1.165, 1.54) is 13.1 Å². The number of nitrogens with one attached hydrogen (secondary N) is 2. The number of carboxylic acids is 1. The molecular formula is C8H12N2O2. The number of carbonyl (C=O) groups is 1. The van der Waals surface area contributed by atoms with E-state index in [0.29, 0.717) is 6.04 Å². The minimum absolute atomic E-state index is 0.0434. The van der Waals surface area contributed by atoms with Gasteiger partial charge in [0.2, 0.25) is 0 Å². The summed E-state index contributed by atoms with van der Waals surface area (Å²) in [5, 5.41) is 18.7. The van der Waals surface area contributed by atoms with Gasteiger partial charge in [0.05, 0.1) is 5.57 Å². The Morgan fingerprint density at radius 1 is 1.67 bits per heavy atom. The summed E-state index contributed by atoms with van der Waals surface area (Å²) in [6.07, 6.45) is 3.61. The summed E-state index contributed by atoms with van der Waals surface area (Å²) in [7, 11) is 0. The van der Waals surface area contributed by atoms with Gasteiger partial charge in [-0.05, 0) is 19.8 Å². The molecule has 0 atom stereocenters. The smallest absolute Gasteiger partial charge is 0.338 e. The lowest BCUT2D eigenvalue weighted by molar-refractivity contribution is -0.132. The molecule has 0 spiro atoms. The Morgan fingerprint density at radius 3 is 2.58 bits per heavy atom. The van der Waals surface area contributed by atoms with Crippen LogP contribution in [0.4, 0.5) is 0 Å². The Kier molecular flexibility index (Phi) is 2.47. The van der Waals surface area contributed by atoms with Crippen LogP contribution in [0.3, 0.4) is 0 Å². The minimum atomic E-state index is -1.05. The summed E-state index contributed by atoms with van der Waals surface area (Å²) in [4.78, 5) is 10.5. The highest BCUT2D eigenvalue weighted by Gasteiger charge is 2.20. The fourth-order valence-corrected chi connectivity index (χ4v) is 0.782. The van der Waals surface area contributed by atoms with E-state index in [9.17, 15) is 4.79 Å². The van der Waals surface area contributed by atoms with Crippen LogP contribution in [-0.2, 0) is 4.79 Å². The molecular weight excluding hydrogens is 156 g/mol. The number of carboxylic acid groups (broad SMARTS) is 1. The summed E-state index contributed by atoms with van der Waals surface area (Å²) in [5.41, 5.74) is 0.123. The molecule has 0 bridgehead atoms. The van der Waals surface area contributed by atoms with E-state index in [1.807, 2.05) is 0 Å². The van der Waals surface area contributed by atoms with E-state index in [0.717, 1.165) is 12.8 Å². The van der Waals surface area contributed by atoms with Gasteiger partial charge in [0.1, 0.15) is 0 Å².